The first kappa shape index (κ1) is 16.2. The van der Waals surface area contributed by atoms with E-state index in [4.69, 9.17) is 0 Å². The van der Waals surface area contributed by atoms with Crippen molar-refractivity contribution >= 4 is 23.3 Å². The molecule has 1 aliphatic rings. The number of fused-ring (bicyclic) bond motifs is 1. The normalized spacial score (nSPS) is 18.9. The zero-order chi connectivity index (χ0) is 13.9. The summed E-state index contributed by atoms with van der Waals surface area (Å²) in [5.74, 6) is 0. The fourth-order valence-electron chi connectivity index (χ4n) is 3.18. The van der Waals surface area contributed by atoms with Crippen LogP contribution in [0, 0.1) is 6.92 Å². The minimum atomic E-state index is 0. The number of halogens is 1. The van der Waals surface area contributed by atoms with Crippen LogP contribution in [-0.2, 0) is 6.54 Å². The Morgan fingerprint density at radius 1 is 1.29 bits per heavy atom. The van der Waals surface area contributed by atoms with Gasteiger partial charge in [0.1, 0.15) is 0 Å². The number of hydrogen-bond donors (Lipinski definition) is 1. The van der Waals surface area contributed by atoms with E-state index in [1.165, 1.54) is 30.3 Å². The molecule has 0 aliphatic carbocycles. The summed E-state index contributed by atoms with van der Waals surface area (Å²) in [6.45, 7) is 5.40. The van der Waals surface area contributed by atoms with Crippen molar-refractivity contribution in [2.24, 2.45) is 0 Å². The average Bonchev–Trinajstić information content (AvgIpc) is 2.87. The number of aryl methyl sites for hydroxylation is 1. The number of nitrogens with one attached hydrogen (secondary N) is 1. The number of likely N-dealkylation sites (tertiary alicyclic amines) is 1. The average molecular weight is 306 g/mol. The molecule has 1 unspecified atom stereocenters. The number of nitrogens with zero attached hydrogens (tertiary/aromatic N) is 2. The van der Waals surface area contributed by atoms with Crippen molar-refractivity contribution < 1.29 is 0 Å². The van der Waals surface area contributed by atoms with Gasteiger partial charge in [-0.3, -0.25) is 9.88 Å². The molecule has 1 aliphatic heterocycles. The summed E-state index contributed by atoms with van der Waals surface area (Å²) in [4.78, 5) is 7.17. The maximum atomic E-state index is 4.57. The standard InChI is InChI=1S/C17H23N3.ClH/c1-13-5-7-15-10-14(6-8-17(15)19-13)12-20-9-3-4-16(20)11-18-2;/h5-8,10,16,18H,3-4,9,11-12H2,1-2H3;1H. The molecule has 1 atom stereocenters. The second-order valence-electron chi connectivity index (χ2n) is 5.80. The lowest BCUT2D eigenvalue weighted by atomic mass is 10.1. The fourth-order valence-corrected chi connectivity index (χ4v) is 3.18. The summed E-state index contributed by atoms with van der Waals surface area (Å²) in [6.07, 6.45) is 2.63. The third-order valence-corrected chi connectivity index (χ3v) is 4.22. The first-order chi connectivity index (χ1) is 9.76. The SMILES string of the molecule is CNCC1CCCN1Cc1ccc2nc(C)ccc2c1.Cl. The van der Waals surface area contributed by atoms with Crippen LogP contribution < -0.4 is 5.32 Å². The van der Waals surface area contributed by atoms with Crippen LogP contribution in [0.3, 0.4) is 0 Å². The van der Waals surface area contributed by atoms with Crippen LogP contribution in [0.4, 0.5) is 0 Å². The van der Waals surface area contributed by atoms with Crippen molar-refractivity contribution in [1.82, 2.24) is 15.2 Å². The molecule has 3 rings (SSSR count). The van der Waals surface area contributed by atoms with Crippen molar-refractivity contribution in [3.8, 4) is 0 Å². The molecule has 114 valence electrons. The van der Waals surface area contributed by atoms with Gasteiger partial charge in [-0.15, -0.1) is 12.4 Å². The molecule has 0 radical (unpaired) electrons. The van der Waals surface area contributed by atoms with E-state index < -0.39 is 0 Å². The summed E-state index contributed by atoms with van der Waals surface area (Å²) < 4.78 is 0. The van der Waals surface area contributed by atoms with Gasteiger partial charge < -0.3 is 5.32 Å². The minimum absolute atomic E-state index is 0. The largest absolute Gasteiger partial charge is 0.318 e. The minimum Gasteiger partial charge on any atom is -0.318 e. The Labute approximate surface area is 133 Å². The Morgan fingerprint density at radius 2 is 2.14 bits per heavy atom. The molecule has 0 saturated carbocycles. The molecule has 21 heavy (non-hydrogen) atoms. The van der Waals surface area contributed by atoms with Crippen molar-refractivity contribution in [2.75, 3.05) is 20.1 Å². The lowest BCUT2D eigenvalue weighted by Crippen LogP contribution is -2.36. The van der Waals surface area contributed by atoms with E-state index in [0.717, 1.165) is 24.3 Å². The molecule has 0 spiro atoms. The predicted octanol–water partition coefficient (Wildman–Crippen LogP) is 3.15. The zero-order valence-electron chi connectivity index (χ0n) is 12.8. The van der Waals surface area contributed by atoms with Gasteiger partial charge in [0.15, 0.2) is 0 Å². The van der Waals surface area contributed by atoms with Gasteiger partial charge in [-0.1, -0.05) is 12.1 Å². The van der Waals surface area contributed by atoms with E-state index in [0.29, 0.717) is 6.04 Å². The molecule has 0 bridgehead atoms. The van der Waals surface area contributed by atoms with Gasteiger partial charge in [-0.25, -0.2) is 0 Å². The van der Waals surface area contributed by atoms with Gasteiger partial charge in [0.2, 0.25) is 0 Å². The topological polar surface area (TPSA) is 28.2 Å². The van der Waals surface area contributed by atoms with Crippen molar-refractivity contribution in [3.05, 3.63) is 41.6 Å². The Kier molecular flexibility index (Phi) is 5.57. The Morgan fingerprint density at radius 3 is 2.95 bits per heavy atom. The highest BCUT2D eigenvalue weighted by Crippen LogP contribution is 2.21. The molecule has 4 heteroatoms. The molecule has 1 aromatic heterocycles. The summed E-state index contributed by atoms with van der Waals surface area (Å²) >= 11 is 0. The van der Waals surface area contributed by atoms with E-state index in [-0.39, 0.29) is 12.4 Å². The highest BCUT2D eigenvalue weighted by molar-refractivity contribution is 5.85. The molecule has 1 N–H and O–H groups in total. The lowest BCUT2D eigenvalue weighted by Gasteiger charge is -2.24. The fraction of sp³-hybridized carbons (Fsp3) is 0.471. The van der Waals surface area contributed by atoms with Crippen molar-refractivity contribution in [1.29, 1.82) is 0 Å². The molecular weight excluding hydrogens is 282 g/mol. The highest BCUT2D eigenvalue weighted by Gasteiger charge is 2.23. The second-order valence-corrected chi connectivity index (χ2v) is 5.80. The molecule has 3 nitrogen and oxygen atoms in total. The first-order valence-electron chi connectivity index (χ1n) is 7.51. The third kappa shape index (κ3) is 3.73. The molecule has 0 amide bonds. The van der Waals surface area contributed by atoms with Crippen LogP contribution in [0.5, 0.6) is 0 Å². The number of aromatic nitrogens is 1. The highest BCUT2D eigenvalue weighted by atomic mass is 35.5. The first-order valence-corrected chi connectivity index (χ1v) is 7.51. The summed E-state index contributed by atoms with van der Waals surface area (Å²) in [7, 11) is 2.04. The smallest absolute Gasteiger partial charge is 0.0705 e. The third-order valence-electron chi connectivity index (χ3n) is 4.22. The molecule has 1 saturated heterocycles. The van der Waals surface area contributed by atoms with Crippen LogP contribution in [0.2, 0.25) is 0 Å². The van der Waals surface area contributed by atoms with Crippen LogP contribution in [0.1, 0.15) is 24.1 Å². The lowest BCUT2D eigenvalue weighted by molar-refractivity contribution is 0.242. The number of pyridine rings is 1. The van der Waals surface area contributed by atoms with Gasteiger partial charge in [-0.2, -0.15) is 0 Å². The maximum absolute atomic E-state index is 4.57. The maximum Gasteiger partial charge on any atom is 0.0705 e. The predicted molar refractivity (Wildman–Crippen MR) is 91.1 cm³/mol. The number of hydrogen-bond acceptors (Lipinski definition) is 3. The number of benzene rings is 1. The number of rotatable bonds is 4. The van der Waals surface area contributed by atoms with E-state index in [1.54, 1.807) is 0 Å². The van der Waals surface area contributed by atoms with Gasteiger partial charge in [0.25, 0.3) is 0 Å². The molecule has 1 aromatic carbocycles. The Hall–Kier alpha value is -1.16. The van der Waals surface area contributed by atoms with Gasteiger partial charge in [0, 0.05) is 30.2 Å². The second kappa shape index (κ2) is 7.21. The summed E-state index contributed by atoms with van der Waals surface area (Å²) in [6, 6.07) is 11.6. The summed E-state index contributed by atoms with van der Waals surface area (Å²) in [5.41, 5.74) is 3.58. The molecule has 2 aromatic rings. The zero-order valence-corrected chi connectivity index (χ0v) is 13.6. The van der Waals surface area contributed by atoms with E-state index >= 15 is 0 Å². The van der Waals surface area contributed by atoms with Gasteiger partial charge in [-0.05, 0) is 57.1 Å². The van der Waals surface area contributed by atoms with Crippen LogP contribution in [0.15, 0.2) is 30.3 Å². The molecule has 1 fully saturated rings. The quantitative estimate of drug-likeness (QED) is 0.940. The van der Waals surface area contributed by atoms with Crippen molar-refractivity contribution in [2.45, 2.75) is 32.4 Å². The van der Waals surface area contributed by atoms with E-state index in [2.05, 4.69) is 45.5 Å². The van der Waals surface area contributed by atoms with E-state index in [9.17, 15) is 0 Å². The Balaban J connectivity index is 0.00000161. The molecule has 2 heterocycles. The summed E-state index contributed by atoms with van der Waals surface area (Å²) in [5, 5.41) is 4.56. The van der Waals surface area contributed by atoms with Crippen LogP contribution >= 0.6 is 12.4 Å². The van der Waals surface area contributed by atoms with Crippen molar-refractivity contribution in [3.63, 3.8) is 0 Å². The monoisotopic (exact) mass is 305 g/mol. The van der Waals surface area contributed by atoms with Crippen LogP contribution in [0.25, 0.3) is 10.9 Å². The van der Waals surface area contributed by atoms with Gasteiger partial charge >= 0.3 is 0 Å². The molecular formula is C17H24ClN3. The van der Waals surface area contributed by atoms with E-state index in [1.807, 2.05) is 14.0 Å². The van der Waals surface area contributed by atoms with Crippen LogP contribution in [-0.4, -0.2) is 36.1 Å². The number of likely N-dealkylation sites (N-methyl/N-ethyl adjacent to an activating group) is 1. The Bertz CT molecular complexity index is 600. The van der Waals surface area contributed by atoms with Gasteiger partial charge in [0.05, 0.1) is 5.52 Å².